The van der Waals surface area contributed by atoms with Crippen LogP contribution in [0.4, 0.5) is 0 Å². The lowest BCUT2D eigenvalue weighted by Gasteiger charge is -2.00. The highest BCUT2D eigenvalue weighted by Gasteiger charge is 2.13. The zero-order valence-corrected chi connectivity index (χ0v) is 8.92. The van der Waals surface area contributed by atoms with Gasteiger partial charge in [-0.05, 0) is 19.8 Å². The first-order valence-electron chi connectivity index (χ1n) is 4.79. The lowest BCUT2D eigenvalue weighted by atomic mass is 10.1. The third-order valence-electron chi connectivity index (χ3n) is 2.28. The maximum atomic E-state index is 4.41. The predicted molar refractivity (Wildman–Crippen MR) is 55.2 cm³/mol. The van der Waals surface area contributed by atoms with Gasteiger partial charge in [0.05, 0.1) is 11.4 Å². The number of aryl methyl sites for hydroxylation is 2. The Balaban J connectivity index is 2.78. The monoisotopic (exact) mass is 190 g/mol. The molecule has 0 aliphatic rings. The van der Waals surface area contributed by atoms with Gasteiger partial charge in [0.1, 0.15) is 16.9 Å². The molecule has 2 aromatic rings. The molecule has 0 saturated carbocycles. The molecular formula is C10H14N4. The van der Waals surface area contributed by atoms with Crippen molar-refractivity contribution >= 4 is 11.0 Å². The number of aromatic amines is 1. The van der Waals surface area contributed by atoms with Crippen LogP contribution in [0.2, 0.25) is 0 Å². The molecule has 0 radical (unpaired) electrons. The summed E-state index contributed by atoms with van der Waals surface area (Å²) in [5.74, 6) is 1.19. The van der Waals surface area contributed by atoms with Gasteiger partial charge in [0.15, 0.2) is 0 Å². The molecule has 74 valence electrons. The first-order valence-corrected chi connectivity index (χ1v) is 4.79. The van der Waals surface area contributed by atoms with Gasteiger partial charge < -0.3 is 0 Å². The standard InChI is InChI=1S/C10H14N4/c1-5(2)8-10-9(14-13-8)6(3)11-7(4)12-10/h5H,1-4H3,(H,13,14). The maximum Gasteiger partial charge on any atom is 0.126 e. The third-order valence-corrected chi connectivity index (χ3v) is 2.28. The van der Waals surface area contributed by atoms with Gasteiger partial charge >= 0.3 is 0 Å². The smallest absolute Gasteiger partial charge is 0.126 e. The summed E-state index contributed by atoms with van der Waals surface area (Å²) in [5, 5.41) is 7.26. The minimum atomic E-state index is 0.387. The molecule has 0 amide bonds. The molecule has 0 atom stereocenters. The van der Waals surface area contributed by atoms with Gasteiger partial charge in [-0.2, -0.15) is 5.10 Å². The number of nitrogens with zero attached hydrogens (tertiary/aromatic N) is 3. The van der Waals surface area contributed by atoms with E-state index < -0.39 is 0 Å². The van der Waals surface area contributed by atoms with E-state index in [2.05, 4.69) is 34.0 Å². The molecule has 0 fully saturated rings. The topological polar surface area (TPSA) is 54.5 Å². The van der Waals surface area contributed by atoms with Crippen LogP contribution >= 0.6 is 0 Å². The lowest BCUT2D eigenvalue weighted by Crippen LogP contribution is -1.94. The summed E-state index contributed by atoms with van der Waals surface area (Å²) in [6.07, 6.45) is 0. The Kier molecular flexibility index (Phi) is 1.98. The van der Waals surface area contributed by atoms with Crippen molar-refractivity contribution in [1.29, 1.82) is 0 Å². The SMILES string of the molecule is Cc1nc(C)c2[nH]nc(C(C)C)c2n1. The highest BCUT2D eigenvalue weighted by Crippen LogP contribution is 2.22. The fraction of sp³-hybridized carbons (Fsp3) is 0.500. The molecule has 0 unspecified atom stereocenters. The number of hydrogen-bond acceptors (Lipinski definition) is 3. The van der Waals surface area contributed by atoms with Crippen LogP contribution in [0.25, 0.3) is 11.0 Å². The summed E-state index contributed by atoms with van der Waals surface area (Å²) in [6.45, 7) is 8.10. The summed E-state index contributed by atoms with van der Waals surface area (Å²) in [7, 11) is 0. The highest BCUT2D eigenvalue weighted by atomic mass is 15.1. The second kappa shape index (κ2) is 3.04. The summed E-state index contributed by atoms with van der Waals surface area (Å²) in [4.78, 5) is 8.70. The van der Waals surface area contributed by atoms with E-state index in [-0.39, 0.29) is 0 Å². The summed E-state index contributed by atoms with van der Waals surface area (Å²) >= 11 is 0. The Bertz CT molecular complexity index is 470. The van der Waals surface area contributed by atoms with E-state index in [0.717, 1.165) is 28.2 Å². The fourth-order valence-corrected chi connectivity index (χ4v) is 1.60. The molecule has 1 N–H and O–H groups in total. The van der Waals surface area contributed by atoms with Crippen LogP contribution in [0.15, 0.2) is 0 Å². The lowest BCUT2D eigenvalue weighted by molar-refractivity contribution is 0.815. The van der Waals surface area contributed by atoms with Crippen molar-refractivity contribution in [2.75, 3.05) is 0 Å². The van der Waals surface area contributed by atoms with Gasteiger partial charge in [0, 0.05) is 0 Å². The number of rotatable bonds is 1. The maximum absolute atomic E-state index is 4.41. The molecule has 0 aliphatic carbocycles. The molecular weight excluding hydrogens is 176 g/mol. The van der Waals surface area contributed by atoms with Crippen molar-refractivity contribution in [3.63, 3.8) is 0 Å². The van der Waals surface area contributed by atoms with Crippen LogP contribution in [0.3, 0.4) is 0 Å². The molecule has 2 rings (SSSR count). The zero-order chi connectivity index (χ0) is 10.3. The van der Waals surface area contributed by atoms with Gasteiger partial charge in [-0.1, -0.05) is 13.8 Å². The van der Waals surface area contributed by atoms with Crippen LogP contribution < -0.4 is 0 Å². The first kappa shape index (κ1) is 9.12. The normalized spacial score (nSPS) is 11.5. The largest absolute Gasteiger partial charge is 0.274 e. The van der Waals surface area contributed by atoms with E-state index in [9.17, 15) is 0 Å². The van der Waals surface area contributed by atoms with Crippen LogP contribution in [0, 0.1) is 13.8 Å². The second-order valence-corrected chi connectivity index (χ2v) is 3.84. The molecule has 0 saturated heterocycles. The molecule has 0 bridgehead atoms. The zero-order valence-electron chi connectivity index (χ0n) is 8.92. The summed E-state index contributed by atoms with van der Waals surface area (Å²) < 4.78 is 0. The Morgan fingerprint density at radius 1 is 1.14 bits per heavy atom. The van der Waals surface area contributed by atoms with E-state index in [1.807, 2.05) is 13.8 Å². The molecule has 4 nitrogen and oxygen atoms in total. The van der Waals surface area contributed by atoms with Crippen molar-refractivity contribution in [3.05, 3.63) is 17.2 Å². The quantitative estimate of drug-likeness (QED) is 0.749. The Morgan fingerprint density at radius 2 is 1.86 bits per heavy atom. The van der Waals surface area contributed by atoms with Gasteiger partial charge in [-0.25, -0.2) is 9.97 Å². The van der Waals surface area contributed by atoms with Gasteiger partial charge in [-0.3, -0.25) is 5.10 Å². The van der Waals surface area contributed by atoms with Gasteiger partial charge in [0.2, 0.25) is 0 Å². The van der Waals surface area contributed by atoms with E-state index in [1.165, 1.54) is 0 Å². The number of nitrogens with one attached hydrogen (secondary N) is 1. The highest BCUT2D eigenvalue weighted by molar-refractivity contribution is 5.79. The summed E-state index contributed by atoms with van der Waals surface area (Å²) in [6, 6.07) is 0. The van der Waals surface area contributed by atoms with Gasteiger partial charge in [-0.15, -0.1) is 0 Å². The minimum Gasteiger partial charge on any atom is -0.274 e. The van der Waals surface area contributed by atoms with E-state index >= 15 is 0 Å². The molecule has 14 heavy (non-hydrogen) atoms. The molecule has 2 aromatic heterocycles. The summed E-state index contributed by atoms with van der Waals surface area (Å²) in [5.41, 5.74) is 3.91. The van der Waals surface area contributed by atoms with Gasteiger partial charge in [0.25, 0.3) is 0 Å². The van der Waals surface area contributed by atoms with Crippen molar-refractivity contribution in [1.82, 2.24) is 20.2 Å². The molecule has 2 heterocycles. The van der Waals surface area contributed by atoms with E-state index in [0.29, 0.717) is 5.92 Å². The third kappa shape index (κ3) is 1.27. The van der Waals surface area contributed by atoms with Crippen LogP contribution in [0.5, 0.6) is 0 Å². The number of aromatic nitrogens is 4. The van der Waals surface area contributed by atoms with Crippen molar-refractivity contribution in [2.24, 2.45) is 0 Å². The Morgan fingerprint density at radius 3 is 2.50 bits per heavy atom. The molecule has 0 aliphatic heterocycles. The Labute approximate surface area is 82.8 Å². The molecule has 0 aromatic carbocycles. The number of hydrogen-bond donors (Lipinski definition) is 1. The van der Waals surface area contributed by atoms with Crippen LogP contribution in [-0.4, -0.2) is 20.2 Å². The second-order valence-electron chi connectivity index (χ2n) is 3.84. The van der Waals surface area contributed by atoms with Crippen LogP contribution in [-0.2, 0) is 0 Å². The fourth-order valence-electron chi connectivity index (χ4n) is 1.60. The van der Waals surface area contributed by atoms with E-state index in [4.69, 9.17) is 0 Å². The predicted octanol–water partition coefficient (Wildman–Crippen LogP) is 2.09. The average Bonchev–Trinajstić information content (AvgIpc) is 2.47. The average molecular weight is 190 g/mol. The van der Waals surface area contributed by atoms with Crippen molar-refractivity contribution in [3.8, 4) is 0 Å². The molecule has 0 spiro atoms. The van der Waals surface area contributed by atoms with Crippen molar-refractivity contribution < 1.29 is 0 Å². The van der Waals surface area contributed by atoms with E-state index in [1.54, 1.807) is 0 Å². The first-order chi connectivity index (χ1) is 6.59. The number of H-pyrrole nitrogens is 1. The minimum absolute atomic E-state index is 0.387. The Hall–Kier alpha value is -1.45. The number of fused-ring (bicyclic) bond motifs is 1. The van der Waals surface area contributed by atoms with Crippen molar-refractivity contribution in [2.45, 2.75) is 33.6 Å². The molecule has 4 heteroatoms. The van der Waals surface area contributed by atoms with Crippen LogP contribution in [0.1, 0.15) is 37.0 Å².